The van der Waals surface area contributed by atoms with Crippen molar-refractivity contribution in [2.24, 2.45) is 0 Å². The molecule has 0 aliphatic heterocycles. The lowest BCUT2D eigenvalue weighted by Crippen LogP contribution is -2.50. The highest BCUT2D eigenvalue weighted by Crippen LogP contribution is 2.33. The maximum Gasteiger partial charge on any atom is 0.234 e. The fourth-order valence-electron chi connectivity index (χ4n) is 3.76. The van der Waals surface area contributed by atoms with Crippen molar-refractivity contribution in [1.29, 1.82) is 5.26 Å². The first-order valence-corrected chi connectivity index (χ1v) is 11.0. The lowest BCUT2D eigenvalue weighted by Gasteiger charge is -2.39. The summed E-state index contributed by atoms with van der Waals surface area (Å²) >= 11 is 1.34. The van der Waals surface area contributed by atoms with E-state index in [0.717, 1.165) is 43.4 Å². The zero-order valence-corrected chi connectivity index (χ0v) is 18.3. The molecule has 1 saturated carbocycles. The van der Waals surface area contributed by atoms with Gasteiger partial charge in [0, 0.05) is 19.2 Å². The van der Waals surface area contributed by atoms with Crippen molar-refractivity contribution in [1.82, 2.24) is 19.7 Å². The highest BCUT2D eigenvalue weighted by molar-refractivity contribution is 7.99. The van der Waals surface area contributed by atoms with Crippen LogP contribution in [-0.4, -0.2) is 51.0 Å². The van der Waals surface area contributed by atoms with Crippen LogP contribution < -0.4 is 4.74 Å². The zero-order valence-electron chi connectivity index (χ0n) is 17.5. The summed E-state index contributed by atoms with van der Waals surface area (Å²) < 4.78 is 7.15. The Balaban J connectivity index is 1.74. The lowest BCUT2D eigenvalue weighted by atomic mass is 9.81. The van der Waals surface area contributed by atoms with Gasteiger partial charge in [-0.2, -0.15) is 5.26 Å². The average molecular weight is 426 g/mol. The van der Waals surface area contributed by atoms with Gasteiger partial charge in [0.05, 0.1) is 18.9 Å². The van der Waals surface area contributed by atoms with E-state index < -0.39 is 5.54 Å². The van der Waals surface area contributed by atoms with Gasteiger partial charge in [-0.1, -0.05) is 37.1 Å². The molecule has 0 bridgehead atoms. The predicted molar refractivity (Wildman–Crippen MR) is 117 cm³/mol. The largest absolute Gasteiger partial charge is 0.497 e. The van der Waals surface area contributed by atoms with Gasteiger partial charge in [0.2, 0.25) is 5.91 Å². The number of hydrogen-bond acceptors (Lipinski definition) is 6. The van der Waals surface area contributed by atoms with Gasteiger partial charge in [0.15, 0.2) is 11.0 Å². The summed E-state index contributed by atoms with van der Waals surface area (Å²) in [7, 11) is 3.37. The Labute approximate surface area is 181 Å². The normalized spacial score (nSPS) is 15.2. The Hall–Kier alpha value is -2.79. The second-order valence-electron chi connectivity index (χ2n) is 7.38. The lowest BCUT2D eigenvalue weighted by molar-refractivity contribution is -0.131. The predicted octanol–water partition coefficient (Wildman–Crippen LogP) is 3.92. The van der Waals surface area contributed by atoms with Crippen LogP contribution in [-0.2, 0) is 11.3 Å². The number of thioether (sulfide) groups is 1. The number of nitriles is 1. The molecule has 0 unspecified atom stereocenters. The minimum atomic E-state index is -0.682. The van der Waals surface area contributed by atoms with Crippen molar-refractivity contribution < 1.29 is 9.53 Å². The maximum atomic E-state index is 12.9. The third-order valence-electron chi connectivity index (χ3n) is 5.61. The zero-order chi connectivity index (χ0) is 21.6. The molecule has 0 radical (unpaired) electrons. The Morgan fingerprint density at radius 1 is 1.33 bits per heavy atom. The number of carbonyl (C=O) groups excluding carboxylic acids is 1. The quantitative estimate of drug-likeness (QED) is 0.471. The minimum Gasteiger partial charge on any atom is -0.497 e. The number of amides is 1. The Morgan fingerprint density at radius 3 is 2.63 bits per heavy atom. The fraction of sp³-hybridized carbons (Fsp3) is 0.455. The van der Waals surface area contributed by atoms with Gasteiger partial charge < -0.3 is 9.64 Å². The molecular weight excluding hydrogens is 398 g/mol. The Morgan fingerprint density at radius 2 is 2.03 bits per heavy atom. The first-order valence-electron chi connectivity index (χ1n) is 10.0. The summed E-state index contributed by atoms with van der Waals surface area (Å²) in [6.07, 6.45) is 6.35. The molecule has 30 heavy (non-hydrogen) atoms. The van der Waals surface area contributed by atoms with Crippen molar-refractivity contribution in [3.8, 4) is 23.2 Å². The molecular formula is C22H27N5O2S. The van der Waals surface area contributed by atoms with Gasteiger partial charge in [-0.05, 0) is 37.1 Å². The molecule has 158 valence electrons. The maximum absolute atomic E-state index is 12.9. The number of nitrogens with zero attached hydrogens (tertiary/aromatic N) is 5. The van der Waals surface area contributed by atoms with Crippen molar-refractivity contribution in [3.05, 3.63) is 36.9 Å². The molecule has 1 aromatic heterocycles. The topological polar surface area (TPSA) is 84.0 Å². The summed E-state index contributed by atoms with van der Waals surface area (Å²) in [4.78, 5) is 14.5. The second kappa shape index (κ2) is 9.81. The first-order chi connectivity index (χ1) is 14.5. The SMILES string of the molecule is C=CCn1c(SCC(=O)N(C)C2(C#N)CCCCC2)nnc1-c1ccc(OC)cc1. The van der Waals surface area contributed by atoms with E-state index in [1.165, 1.54) is 11.8 Å². The van der Waals surface area contributed by atoms with Crippen molar-refractivity contribution in [2.45, 2.75) is 49.3 Å². The minimum absolute atomic E-state index is 0.0670. The summed E-state index contributed by atoms with van der Waals surface area (Å²) in [5.41, 5.74) is 0.227. The van der Waals surface area contributed by atoms with E-state index in [-0.39, 0.29) is 11.7 Å². The van der Waals surface area contributed by atoms with Gasteiger partial charge in [-0.15, -0.1) is 16.8 Å². The van der Waals surface area contributed by atoms with Crippen LogP contribution in [0.15, 0.2) is 42.1 Å². The van der Waals surface area contributed by atoms with Crippen LogP contribution in [0.3, 0.4) is 0 Å². The molecule has 1 aliphatic rings. The number of methoxy groups -OCH3 is 1. The average Bonchev–Trinajstić information content (AvgIpc) is 3.20. The number of carbonyl (C=O) groups is 1. The second-order valence-corrected chi connectivity index (χ2v) is 8.32. The molecule has 0 spiro atoms. The monoisotopic (exact) mass is 425 g/mol. The molecule has 2 aromatic rings. The standard InChI is InChI=1S/C22H27N5O2S/c1-4-14-27-20(17-8-10-18(29-3)11-9-17)24-25-21(27)30-15-19(28)26(2)22(16-23)12-6-5-7-13-22/h4,8-11H,1,5-7,12-15H2,2-3H3. The van der Waals surface area contributed by atoms with E-state index in [4.69, 9.17) is 4.74 Å². The van der Waals surface area contributed by atoms with Crippen LogP contribution in [0.2, 0.25) is 0 Å². The molecule has 1 fully saturated rings. The Kier molecular flexibility index (Phi) is 7.16. The molecule has 0 N–H and O–H groups in total. The Bertz CT molecular complexity index is 926. The third-order valence-corrected chi connectivity index (χ3v) is 6.56. The van der Waals surface area contributed by atoms with Crippen molar-refractivity contribution in [3.63, 3.8) is 0 Å². The molecule has 1 amide bonds. The van der Waals surface area contributed by atoms with Crippen LogP contribution in [0.4, 0.5) is 0 Å². The fourth-order valence-corrected chi connectivity index (χ4v) is 4.63. The molecule has 8 heteroatoms. The van der Waals surface area contributed by atoms with Crippen LogP contribution >= 0.6 is 11.8 Å². The summed E-state index contributed by atoms with van der Waals surface area (Å²) in [5.74, 6) is 1.62. The number of aromatic nitrogens is 3. The molecule has 7 nitrogen and oxygen atoms in total. The smallest absolute Gasteiger partial charge is 0.234 e. The van der Waals surface area contributed by atoms with E-state index in [2.05, 4.69) is 22.8 Å². The van der Waals surface area contributed by atoms with Crippen LogP contribution in [0, 0.1) is 11.3 Å². The highest BCUT2D eigenvalue weighted by Gasteiger charge is 2.38. The van der Waals surface area contributed by atoms with Crippen molar-refractivity contribution in [2.75, 3.05) is 19.9 Å². The van der Waals surface area contributed by atoms with Gasteiger partial charge in [0.1, 0.15) is 11.3 Å². The van der Waals surface area contributed by atoms with Gasteiger partial charge >= 0.3 is 0 Å². The first kappa shape index (κ1) is 21.9. The highest BCUT2D eigenvalue weighted by atomic mass is 32.2. The summed E-state index contributed by atoms with van der Waals surface area (Å²) in [6, 6.07) is 10.0. The van der Waals surface area contributed by atoms with E-state index >= 15 is 0 Å². The van der Waals surface area contributed by atoms with E-state index in [1.54, 1.807) is 25.1 Å². The van der Waals surface area contributed by atoms with E-state index in [9.17, 15) is 10.1 Å². The summed E-state index contributed by atoms with van der Waals surface area (Å²) in [6.45, 7) is 4.36. The molecule has 0 saturated heterocycles. The molecule has 1 aliphatic carbocycles. The molecule has 1 heterocycles. The molecule has 1 aromatic carbocycles. The van der Waals surface area contributed by atoms with Gasteiger partial charge in [-0.25, -0.2) is 0 Å². The number of allylic oxidation sites excluding steroid dienone is 1. The molecule has 0 atom stereocenters. The van der Waals surface area contributed by atoms with Crippen LogP contribution in [0.1, 0.15) is 32.1 Å². The number of hydrogen-bond donors (Lipinski definition) is 0. The number of benzene rings is 1. The van der Waals surface area contributed by atoms with Crippen molar-refractivity contribution >= 4 is 17.7 Å². The van der Waals surface area contributed by atoms with E-state index in [1.807, 2.05) is 28.8 Å². The number of ether oxygens (including phenoxy) is 1. The molecule has 3 rings (SSSR count). The van der Waals surface area contributed by atoms with Gasteiger partial charge in [-0.3, -0.25) is 9.36 Å². The summed E-state index contributed by atoms with van der Waals surface area (Å²) in [5, 5.41) is 19.0. The third kappa shape index (κ3) is 4.51. The van der Waals surface area contributed by atoms with Crippen LogP contribution in [0.25, 0.3) is 11.4 Å². The van der Waals surface area contributed by atoms with Crippen LogP contribution in [0.5, 0.6) is 5.75 Å². The van der Waals surface area contributed by atoms with Gasteiger partial charge in [0.25, 0.3) is 0 Å². The number of rotatable bonds is 8. The van der Waals surface area contributed by atoms with E-state index in [0.29, 0.717) is 17.5 Å².